The monoisotopic (exact) mass is 206 g/mol. The van der Waals surface area contributed by atoms with E-state index in [9.17, 15) is 4.79 Å². The summed E-state index contributed by atoms with van der Waals surface area (Å²) in [4.78, 5) is 16.8. The number of benzene rings is 1. The Balaban J connectivity index is 1.96. The maximum Gasteiger partial charge on any atom is 0.250 e. The van der Waals surface area contributed by atoms with Gasteiger partial charge in [-0.05, 0) is 24.1 Å². The van der Waals surface area contributed by atoms with Crippen molar-refractivity contribution in [3.63, 3.8) is 0 Å². The van der Waals surface area contributed by atoms with Gasteiger partial charge in [0.1, 0.15) is 0 Å². The second-order valence-corrected chi connectivity index (χ2v) is 3.60. The van der Waals surface area contributed by atoms with E-state index in [4.69, 9.17) is 10.6 Å². The highest BCUT2D eigenvalue weighted by molar-refractivity contribution is 5.78. The molecule has 1 aliphatic heterocycles. The second-order valence-electron chi connectivity index (χ2n) is 3.60. The molecule has 0 aliphatic carbocycles. The van der Waals surface area contributed by atoms with Crippen molar-refractivity contribution in [2.75, 3.05) is 18.9 Å². The van der Waals surface area contributed by atoms with Gasteiger partial charge in [-0.15, -0.1) is 0 Å². The summed E-state index contributed by atoms with van der Waals surface area (Å²) in [6.45, 7) is 1.35. The average Bonchev–Trinajstić information content (AvgIpc) is 2.74. The SMILES string of the molecule is Nc1ccc(CC(=O)N2CCCO2)cc1. The summed E-state index contributed by atoms with van der Waals surface area (Å²) in [5.41, 5.74) is 7.23. The normalized spacial score (nSPS) is 15.6. The van der Waals surface area contributed by atoms with E-state index < -0.39 is 0 Å². The second kappa shape index (κ2) is 4.31. The highest BCUT2D eigenvalue weighted by Crippen LogP contribution is 2.10. The first-order chi connectivity index (χ1) is 7.25. The summed E-state index contributed by atoms with van der Waals surface area (Å²) in [5, 5.41) is 1.44. The molecule has 15 heavy (non-hydrogen) atoms. The number of hydrogen-bond acceptors (Lipinski definition) is 3. The summed E-state index contributed by atoms with van der Waals surface area (Å²) >= 11 is 0. The van der Waals surface area contributed by atoms with Gasteiger partial charge in [0.25, 0.3) is 5.91 Å². The number of anilines is 1. The quantitative estimate of drug-likeness (QED) is 0.734. The molecule has 1 aliphatic rings. The molecule has 4 heteroatoms. The van der Waals surface area contributed by atoms with Gasteiger partial charge in [0.2, 0.25) is 0 Å². The Bertz CT molecular complexity index is 342. The largest absolute Gasteiger partial charge is 0.399 e. The van der Waals surface area contributed by atoms with Gasteiger partial charge in [-0.2, -0.15) is 0 Å². The molecule has 1 aromatic rings. The molecule has 80 valence electrons. The van der Waals surface area contributed by atoms with Crippen molar-refractivity contribution in [1.29, 1.82) is 0 Å². The van der Waals surface area contributed by atoms with Crippen molar-refractivity contribution in [3.05, 3.63) is 29.8 Å². The number of amides is 1. The molecule has 2 N–H and O–H groups in total. The number of hydrogen-bond donors (Lipinski definition) is 1. The van der Waals surface area contributed by atoms with E-state index in [1.807, 2.05) is 12.1 Å². The first-order valence-corrected chi connectivity index (χ1v) is 5.03. The lowest BCUT2D eigenvalue weighted by molar-refractivity contribution is -0.167. The number of nitrogens with two attached hydrogens (primary N) is 1. The van der Waals surface area contributed by atoms with Crippen LogP contribution in [0.2, 0.25) is 0 Å². The molecule has 0 spiro atoms. The lowest BCUT2D eigenvalue weighted by Crippen LogP contribution is -2.27. The van der Waals surface area contributed by atoms with E-state index in [0.717, 1.165) is 12.0 Å². The van der Waals surface area contributed by atoms with Gasteiger partial charge in [0, 0.05) is 5.69 Å². The Hall–Kier alpha value is -1.55. The van der Waals surface area contributed by atoms with Crippen LogP contribution >= 0.6 is 0 Å². The van der Waals surface area contributed by atoms with Gasteiger partial charge in [0.15, 0.2) is 0 Å². The van der Waals surface area contributed by atoms with Crippen molar-refractivity contribution in [3.8, 4) is 0 Å². The summed E-state index contributed by atoms with van der Waals surface area (Å²) < 4.78 is 0. The summed E-state index contributed by atoms with van der Waals surface area (Å²) in [5.74, 6) is 0.0114. The van der Waals surface area contributed by atoms with Crippen LogP contribution in [0.3, 0.4) is 0 Å². The van der Waals surface area contributed by atoms with Crippen LogP contribution in [0, 0.1) is 0 Å². The maximum absolute atomic E-state index is 11.7. The molecule has 0 atom stereocenters. The highest BCUT2D eigenvalue weighted by Gasteiger charge is 2.18. The van der Waals surface area contributed by atoms with Crippen LogP contribution in [-0.2, 0) is 16.1 Å². The molecule has 1 aromatic carbocycles. The Morgan fingerprint density at radius 3 is 2.73 bits per heavy atom. The number of hydroxylamine groups is 2. The third kappa shape index (κ3) is 2.47. The van der Waals surface area contributed by atoms with Crippen LogP contribution in [0.15, 0.2) is 24.3 Å². The van der Waals surface area contributed by atoms with E-state index in [1.165, 1.54) is 5.06 Å². The molecular formula is C11H14N2O2. The molecule has 0 unspecified atom stereocenters. The van der Waals surface area contributed by atoms with Gasteiger partial charge in [0.05, 0.1) is 19.6 Å². The minimum atomic E-state index is 0.0114. The lowest BCUT2D eigenvalue weighted by atomic mass is 10.1. The van der Waals surface area contributed by atoms with E-state index in [0.29, 0.717) is 25.3 Å². The highest BCUT2D eigenvalue weighted by atomic mass is 16.7. The Morgan fingerprint density at radius 2 is 2.13 bits per heavy atom. The number of nitrogens with zero attached hydrogens (tertiary/aromatic N) is 1. The molecule has 0 saturated carbocycles. The van der Waals surface area contributed by atoms with Crippen molar-refractivity contribution in [1.82, 2.24) is 5.06 Å². The fourth-order valence-corrected chi connectivity index (χ4v) is 1.54. The van der Waals surface area contributed by atoms with E-state index in [-0.39, 0.29) is 5.91 Å². The van der Waals surface area contributed by atoms with Crippen molar-refractivity contribution < 1.29 is 9.63 Å². The zero-order chi connectivity index (χ0) is 10.7. The Kier molecular flexibility index (Phi) is 2.87. The van der Waals surface area contributed by atoms with Crippen molar-refractivity contribution >= 4 is 11.6 Å². The first kappa shape index (κ1) is 9.98. The molecule has 1 saturated heterocycles. The van der Waals surface area contributed by atoms with Gasteiger partial charge < -0.3 is 5.73 Å². The van der Waals surface area contributed by atoms with E-state index in [1.54, 1.807) is 12.1 Å². The Morgan fingerprint density at radius 1 is 1.40 bits per heavy atom. The molecule has 0 aromatic heterocycles. The third-order valence-electron chi connectivity index (χ3n) is 2.37. The van der Waals surface area contributed by atoms with Crippen LogP contribution in [0.4, 0.5) is 5.69 Å². The topological polar surface area (TPSA) is 55.6 Å². The summed E-state index contributed by atoms with van der Waals surface area (Å²) in [7, 11) is 0. The molecule has 2 rings (SSSR count). The molecule has 1 amide bonds. The number of carbonyl (C=O) groups is 1. The third-order valence-corrected chi connectivity index (χ3v) is 2.37. The predicted molar refractivity (Wildman–Crippen MR) is 56.8 cm³/mol. The minimum Gasteiger partial charge on any atom is -0.399 e. The molecule has 0 radical (unpaired) electrons. The van der Waals surface area contributed by atoms with Crippen LogP contribution in [0.1, 0.15) is 12.0 Å². The fraction of sp³-hybridized carbons (Fsp3) is 0.364. The number of rotatable bonds is 2. The predicted octanol–water partition coefficient (Wildman–Crippen LogP) is 0.975. The molecule has 0 bridgehead atoms. The average molecular weight is 206 g/mol. The lowest BCUT2D eigenvalue weighted by Gasteiger charge is -2.13. The number of nitrogen functional groups attached to an aromatic ring is 1. The fourth-order valence-electron chi connectivity index (χ4n) is 1.54. The molecule has 4 nitrogen and oxygen atoms in total. The zero-order valence-electron chi connectivity index (χ0n) is 8.48. The molecular weight excluding hydrogens is 192 g/mol. The van der Waals surface area contributed by atoms with Gasteiger partial charge >= 0.3 is 0 Å². The minimum absolute atomic E-state index is 0.0114. The zero-order valence-corrected chi connectivity index (χ0v) is 8.48. The number of carbonyl (C=O) groups excluding carboxylic acids is 1. The van der Waals surface area contributed by atoms with Crippen LogP contribution in [0.5, 0.6) is 0 Å². The standard InChI is InChI=1S/C11H14N2O2/c12-10-4-2-9(3-5-10)8-11(14)13-6-1-7-15-13/h2-5H,1,6-8,12H2. The van der Waals surface area contributed by atoms with Gasteiger partial charge in [-0.1, -0.05) is 12.1 Å². The van der Waals surface area contributed by atoms with Crippen molar-refractivity contribution in [2.45, 2.75) is 12.8 Å². The van der Waals surface area contributed by atoms with Crippen LogP contribution in [-0.4, -0.2) is 24.1 Å². The summed E-state index contributed by atoms with van der Waals surface area (Å²) in [6.07, 6.45) is 1.30. The molecule has 1 heterocycles. The molecule has 1 fully saturated rings. The van der Waals surface area contributed by atoms with E-state index in [2.05, 4.69) is 0 Å². The summed E-state index contributed by atoms with van der Waals surface area (Å²) in [6, 6.07) is 7.33. The van der Waals surface area contributed by atoms with Gasteiger partial charge in [-0.3, -0.25) is 9.63 Å². The van der Waals surface area contributed by atoms with Crippen LogP contribution < -0.4 is 5.73 Å². The first-order valence-electron chi connectivity index (χ1n) is 5.03. The Labute approximate surface area is 88.6 Å². The van der Waals surface area contributed by atoms with Crippen LogP contribution in [0.25, 0.3) is 0 Å². The van der Waals surface area contributed by atoms with E-state index >= 15 is 0 Å². The van der Waals surface area contributed by atoms with Gasteiger partial charge in [-0.25, -0.2) is 5.06 Å². The maximum atomic E-state index is 11.7. The van der Waals surface area contributed by atoms with Crippen molar-refractivity contribution in [2.24, 2.45) is 0 Å². The smallest absolute Gasteiger partial charge is 0.250 e.